The number of carbonyl (C=O) groups is 2. The van der Waals surface area contributed by atoms with Crippen molar-refractivity contribution in [3.63, 3.8) is 0 Å². The second kappa shape index (κ2) is 9.53. The number of nitrogens with zero attached hydrogens (tertiary/aromatic N) is 4. The molecule has 0 bridgehead atoms. The first-order chi connectivity index (χ1) is 16.7. The van der Waals surface area contributed by atoms with Crippen molar-refractivity contribution in [2.45, 2.75) is 46.3 Å². The van der Waals surface area contributed by atoms with Gasteiger partial charge in [-0.25, -0.2) is 18.3 Å². The lowest BCUT2D eigenvalue weighted by molar-refractivity contribution is -0.117. The molecule has 35 heavy (non-hydrogen) atoms. The number of anilines is 1. The van der Waals surface area contributed by atoms with Gasteiger partial charge in [0.2, 0.25) is 11.7 Å². The van der Waals surface area contributed by atoms with E-state index < -0.39 is 24.0 Å². The Morgan fingerprint density at radius 3 is 2.57 bits per heavy atom. The van der Waals surface area contributed by atoms with Gasteiger partial charge in [0.1, 0.15) is 12.4 Å². The van der Waals surface area contributed by atoms with Crippen LogP contribution < -0.4 is 21.9 Å². The lowest BCUT2D eigenvalue weighted by atomic mass is 10.1. The summed E-state index contributed by atoms with van der Waals surface area (Å²) in [5, 5.41) is 9.81. The van der Waals surface area contributed by atoms with Crippen LogP contribution in [0.4, 0.5) is 10.1 Å². The van der Waals surface area contributed by atoms with Gasteiger partial charge in [-0.3, -0.25) is 19.0 Å². The van der Waals surface area contributed by atoms with Crippen molar-refractivity contribution in [3.8, 4) is 0 Å². The maximum atomic E-state index is 13.4. The lowest BCUT2D eigenvalue weighted by Crippen LogP contribution is -2.31. The highest BCUT2D eigenvalue weighted by atomic mass is 19.1. The molecule has 0 saturated heterocycles. The molecule has 0 atom stereocenters. The standard InChI is InChI=1S/C24H25FN6O4/c1-4-10-29-22(34)18-9-8-15(21(33)26-14(2)3)11-19(18)31-23(29)28-30(24(31)35)13-20(32)27-17-7-5-6-16(25)12-17/h5-9,11-12,14H,4,10,13H2,1-3H3,(H,26,33)(H,27,32). The van der Waals surface area contributed by atoms with Crippen LogP contribution in [0.5, 0.6) is 0 Å². The fourth-order valence-corrected chi connectivity index (χ4v) is 3.83. The summed E-state index contributed by atoms with van der Waals surface area (Å²) in [6.45, 7) is 5.38. The molecule has 2 amide bonds. The highest BCUT2D eigenvalue weighted by molar-refractivity contribution is 5.98. The summed E-state index contributed by atoms with van der Waals surface area (Å²) >= 11 is 0. The molecular formula is C24H25FN6O4. The maximum Gasteiger partial charge on any atom is 0.352 e. The molecule has 2 aromatic heterocycles. The first-order valence-corrected chi connectivity index (χ1v) is 11.2. The second-order valence-electron chi connectivity index (χ2n) is 8.45. The molecule has 0 aliphatic rings. The van der Waals surface area contributed by atoms with Gasteiger partial charge in [0.05, 0.1) is 10.9 Å². The Labute approximate surface area is 199 Å². The summed E-state index contributed by atoms with van der Waals surface area (Å²) < 4.78 is 17.0. The van der Waals surface area contributed by atoms with Crippen molar-refractivity contribution in [1.29, 1.82) is 0 Å². The first kappa shape index (κ1) is 23.9. The summed E-state index contributed by atoms with van der Waals surface area (Å²) in [4.78, 5) is 51.6. The Morgan fingerprint density at radius 1 is 1.11 bits per heavy atom. The molecule has 2 aromatic carbocycles. The minimum absolute atomic E-state index is 0.0642. The Hall–Kier alpha value is -4.28. The van der Waals surface area contributed by atoms with Gasteiger partial charge in [0, 0.05) is 23.8 Å². The van der Waals surface area contributed by atoms with Gasteiger partial charge in [-0.05, 0) is 56.7 Å². The Morgan fingerprint density at radius 2 is 1.89 bits per heavy atom. The quantitative estimate of drug-likeness (QED) is 0.420. The zero-order valence-electron chi connectivity index (χ0n) is 19.5. The molecule has 4 aromatic rings. The highest BCUT2D eigenvalue weighted by Gasteiger charge is 2.20. The van der Waals surface area contributed by atoms with E-state index in [9.17, 15) is 23.6 Å². The fraction of sp³-hybridized carbons (Fsp3) is 0.292. The van der Waals surface area contributed by atoms with E-state index in [0.29, 0.717) is 13.0 Å². The predicted octanol–water partition coefficient (Wildman–Crippen LogP) is 2.14. The second-order valence-corrected chi connectivity index (χ2v) is 8.45. The molecule has 0 spiro atoms. The minimum Gasteiger partial charge on any atom is -0.350 e. The number of halogens is 1. The van der Waals surface area contributed by atoms with Gasteiger partial charge in [-0.2, -0.15) is 0 Å². The molecule has 2 N–H and O–H groups in total. The van der Waals surface area contributed by atoms with Gasteiger partial charge in [-0.1, -0.05) is 13.0 Å². The van der Waals surface area contributed by atoms with E-state index in [1.807, 2.05) is 20.8 Å². The zero-order valence-corrected chi connectivity index (χ0v) is 19.5. The lowest BCUT2D eigenvalue weighted by Gasteiger charge is -2.11. The van der Waals surface area contributed by atoms with Gasteiger partial charge in [-0.15, -0.1) is 5.10 Å². The van der Waals surface area contributed by atoms with Crippen LogP contribution in [0.25, 0.3) is 16.7 Å². The minimum atomic E-state index is -0.648. The highest BCUT2D eigenvalue weighted by Crippen LogP contribution is 2.15. The number of nitrogens with one attached hydrogen (secondary N) is 2. The molecule has 10 nitrogen and oxygen atoms in total. The Bertz CT molecular complexity index is 1570. The smallest absolute Gasteiger partial charge is 0.350 e. The number of benzene rings is 2. The number of aromatic nitrogens is 4. The van der Waals surface area contributed by atoms with E-state index in [1.165, 1.54) is 45.4 Å². The van der Waals surface area contributed by atoms with E-state index >= 15 is 0 Å². The molecule has 2 heterocycles. The van der Waals surface area contributed by atoms with Crippen molar-refractivity contribution in [2.75, 3.05) is 5.32 Å². The van der Waals surface area contributed by atoms with Gasteiger partial charge >= 0.3 is 5.69 Å². The number of fused-ring (bicyclic) bond motifs is 3. The Kier molecular flexibility index (Phi) is 6.50. The Balaban J connectivity index is 1.84. The third kappa shape index (κ3) is 4.70. The number of carbonyl (C=O) groups excluding carboxylic acids is 2. The summed E-state index contributed by atoms with van der Waals surface area (Å²) in [5.41, 5.74) is -0.266. The van der Waals surface area contributed by atoms with E-state index in [4.69, 9.17) is 0 Å². The predicted molar refractivity (Wildman–Crippen MR) is 129 cm³/mol. The molecule has 0 aliphatic heterocycles. The molecule has 0 unspecified atom stereocenters. The van der Waals surface area contributed by atoms with Crippen LogP contribution in [-0.2, 0) is 17.9 Å². The van der Waals surface area contributed by atoms with Crippen LogP contribution in [0.3, 0.4) is 0 Å². The van der Waals surface area contributed by atoms with Crippen molar-refractivity contribution in [2.24, 2.45) is 0 Å². The number of amides is 2. The summed E-state index contributed by atoms with van der Waals surface area (Å²) in [5.74, 6) is -1.39. The fourth-order valence-electron chi connectivity index (χ4n) is 3.83. The van der Waals surface area contributed by atoms with Crippen molar-refractivity contribution >= 4 is 34.2 Å². The number of aryl methyl sites for hydroxylation is 1. The van der Waals surface area contributed by atoms with Crippen molar-refractivity contribution in [3.05, 3.63) is 74.7 Å². The molecular weight excluding hydrogens is 455 g/mol. The monoisotopic (exact) mass is 480 g/mol. The average molecular weight is 481 g/mol. The molecule has 0 aliphatic carbocycles. The van der Waals surface area contributed by atoms with Crippen LogP contribution in [0, 0.1) is 5.82 Å². The summed E-state index contributed by atoms with van der Waals surface area (Å²) in [6, 6.07) is 9.78. The summed E-state index contributed by atoms with van der Waals surface area (Å²) in [7, 11) is 0. The SMILES string of the molecule is CCCn1c(=O)c2ccc(C(=O)NC(C)C)cc2n2c(=O)n(CC(=O)Nc3cccc(F)c3)nc12. The molecule has 0 saturated carbocycles. The molecule has 182 valence electrons. The zero-order chi connectivity index (χ0) is 25.3. The average Bonchev–Trinajstić information content (AvgIpc) is 3.11. The largest absolute Gasteiger partial charge is 0.352 e. The van der Waals surface area contributed by atoms with Crippen molar-refractivity contribution < 1.29 is 14.0 Å². The van der Waals surface area contributed by atoms with Gasteiger partial charge < -0.3 is 10.6 Å². The molecule has 0 radical (unpaired) electrons. The van der Waals surface area contributed by atoms with Crippen LogP contribution in [0.1, 0.15) is 37.6 Å². The topological polar surface area (TPSA) is 120 Å². The van der Waals surface area contributed by atoms with Gasteiger partial charge in [0.15, 0.2) is 0 Å². The van der Waals surface area contributed by atoms with Crippen LogP contribution in [0.15, 0.2) is 52.1 Å². The van der Waals surface area contributed by atoms with Crippen LogP contribution in [-0.4, -0.2) is 36.6 Å². The number of hydrogen-bond acceptors (Lipinski definition) is 5. The first-order valence-electron chi connectivity index (χ1n) is 11.2. The molecule has 11 heteroatoms. The number of rotatable bonds is 7. The summed E-state index contributed by atoms with van der Waals surface area (Å²) in [6.07, 6.45) is 0.608. The van der Waals surface area contributed by atoms with E-state index in [-0.39, 0.29) is 45.4 Å². The normalized spacial score (nSPS) is 11.3. The van der Waals surface area contributed by atoms with E-state index in [1.54, 1.807) is 0 Å². The van der Waals surface area contributed by atoms with E-state index in [2.05, 4.69) is 15.7 Å². The van der Waals surface area contributed by atoms with Gasteiger partial charge in [0.25, 0.3) is 11.5 Å². The van der Waals surface area contributed by atoms with E-state index in [0.717, 1.165) is 10.7 Å². The number of hydrogen-bond donors (Lipinski definition) is 2. The van der Waals surface area contributed by atoms with Crippen molar-refractivity contribution in [1.82, 2.24) is 24.1 Å². The third-order valence-electron chi connectivity index (χ3n) is 5.31. The van der Waals surface area contributed by atoms with Crippen LogP contribution >= 0.6 is 0 Å². The molecule has 4 rings (SSSR count). The third-order valence-corrected chi connectivity index (χ3v) is 5.31. The molecule has 0 fully saturated rings. The maximum absolute atomic E-state index is 13.4. The van der Waals surface area contributed by atoms with Crippen LogP contribution in [0.2, 0.25) is 0 Å².